The molecular weight excluding hydrogens is 252 g/mol. The lowest BCUT2D eigenvalue weighted by molar-refractivity contribution is -0.156. The molecular formula is C14H23F2NO2. The van der Waals surface area contributed by atoms with Gasteiger partial charge >= 0.3 is 5.97 Å². The summed E-state index contributed by atoms with van der Waals surface area (Å²) in [6.45, 7) is 0.201. The van der Waals surface area contributed by atoms with Crippen molar-refractivity contribution in [2.45, 2.75) is 50.9 Å². The van der Waals surface area contributed by atoms with Gasteiger partial charge in [-0.2, -0.15) is 0 Å². The van der Waals surface area contributed by atoms with E-state index in [0.29, 0.717) is 12.8 Å². The van der Waals surface area contributed by atoms with E-state index >= 15 is 0 Å². The van der Waals surface area contributed by atoms with Gasteiger partial charge in [-0.25, -0.2) is 8.78 Å². The minimum Gasteiger partial charge on any atom is -0.469 e. The van der Waals surface area contributed by atoms with Gasteiger partial charge in [-0.1, -0.05) is 0 Å². The zero-order valence-electron chi connectivity index (χ0n) is 11.5. The Bertz CT molecular complexity index is 344. The Balaban J connectivity index is 2.09. The Labute approximate surface area is 112 Å². The van der Waals surface area contributed by atoms with Gasteiger partial charge in [-0.15, -0.1) is 0 Å². The first-order valence-electron chi connectivity index (χ1n) is 7.10. The molecule has 0 aromatic carbocycles. The predicted molar refractivity (Wildman–Crippen MR) is 67.7 cm³/mol. The second-order valence-corrected chi connectivity index (χ2v) is 6.15. The van der Waals surface area contributed by atoms with E-state index in [4.69, 9.17) is 10.5 Å². The lowest BCUT2D eigenvalue weighted by Crippen LogP contribution is -2.44. The van der Waals surface area contributed by atoms with Gasteiger partial charge in [0.2, 0.25) is 5.92 Å². The summed E-state index contributed by atoms with van der Waals surface area (Å²) in [6, 6.07) is 0. The molecule has 0 radical (unpaired) electrons. The Hall–Kier alpha value is -0.710. The number of rotatable bonds is 5. The maximum atomic E-state index is 13.5. The average Bonchev–Trinajstić information content (AvgIpc) is 3.18. The van der Waals surface area contributed by atoms with Crippen LogP contribution in [0.25, 0.3) is 0 Å². The molecule has 2 saturated carbocycles. The number of hydrogen-bond donors (Lipinski definition) is 1. The Morgan fingerprint density at radius 2 is 2.11 bits per heavy atom. The number of halogens is 2. The van der Waals surface area contributed by atoms with Crippen LogP contribution in [0.3, 0.4) is 0 Å². The highest BCUT2D eigenvalue weighted by Gasteiger charge is 2.52. The number of methoxy groups -OCH3 is 1. The molecule has 2 aliphatic carbocycles. The van der Waals surface area contributed by atoms with Crippen molar-refractivity contribution in [3.05, 3.63) is 0 Å². The lowest BCUT2D eigenvalue weighted by atomic mass is 9.70. The monoisotopic (exact) mass is 275 g/mol. The molecule has 5 heteroatoms. The van der Waals surface area contributed by atoms with Gasteiger partial charge in [-0.05, 0) is 43.9 Å². The Morgan fingerprint density at radius 1 is 1.42 bits per heavy atom. The molecule has 3 nitrogen and oxygen atoms in total. The molecule has 0 bridgehead atoms. The van der Waals surface area contributed by atoms with Crippen LogP contribution in [0, 0.1) is 17.3 Å². The van der Waals surface area contributed by atoms with Gasteiger partial charge in [0, 0.05) is 19.4 Å². The lowest BCUT2D eigenvalue weighted by Gasteiger charge is -2.37. The first-order valence-corrected chi connectivity index (χ1v) is 7.10. The van der Waals surface area contributed by atoms with E-state index < -0.39 is 11.3 Å². The number of hydrogen-bond acceptors (Lipinski definition) is 3. The van der Waals surface area contributed by atoms with Gasteiger partial charge in [0.25, 0.3) is 0 Å². The molecule has 19 heavy (non-hydrogen) atoms. The van der Waals surface area contributed by atoms with Crippen molar-refractivity contribution in [1.82, 2.24) is 0 Å². The van der Waals surface area contributed by atoms with Crippen LogP contribution in [0.2, 0.25) is 0 Å². The third-order valence-electron chi connectivity index (χ3n) is 4.71. The summed E-state index contributed by atoms with van der Waals surface area (Å²) in [5, 5.41) is 0. The first-order chi connectivity index (χ1) is 8.93. The van der Waals surface area contributed by atoms with Gasteiger partial charge in [0.15, 0.2) is 0 Å². The van der Waals surface area contributed by atoms with E-state index in [-0.39, 0.29) is 37.2 Å². The number of nitrogens with two attached hydrogens (primary N) is 1. The van der Waals surface area contributed by atoms with E-state index in [2.05, 4.69) is 0 Å². The molecule has 0 spiro atoms. The van der Waals surface area contributed by atoms with Crippen LogP contribution < -0.4 is 5.73 Å². The predicted octanol–water partition coefficient (Wildman–Crippen LogP) is 2.73. The fourth-order valence-corrected chi connectivity index (χ4v) is 3.55. The van der Waals surface area contributed by atoms with Crippen LogP contribution in [0.1, 0.15) is 44.9 Å². The van der Waals surface area contributed by atoms with Crippen molar-refractivity contribution in [2.24, 2.45) is 23.0 Å². The Kier molecular flexibility index (Phi) is 4.14. The van der Waals surface area contributed by atoms with E-state index in [9.17, 15) is 13.6 Å². The molecule has 2 aliphatic rings. The van der Waals surface area contributed by atoms with Gasteiger partial charge in [0.05, 0.1) is 12.5 Å². The summed E-state index contributed by atoms with van der Waals surface area (Å²) in [5.74, 6) is -2.79. The molecule has 2 fully saturated rings. The third kappa shape index (κ3) is 3.07. The third-order valence-corrected chi connectivity index (χ3v) is 4.71. The highest BCUT2D eigenvalue weighted by molar-refractivity contribution is 5.78. The maximum Gasteiger partial charge on any atom is 0.313 e. The molecule has 2 rings (SSSR count). The average molecular weight is 275 g/mol. The normalized spacial score (nSPS) is 29.6. The van der Waals surface area contributed by atoms with E-state index in [1.54, 1.807) is 0 Å². The summed E-state index contributed by atoms with van der Waals surface area (Å²) in [7, 11) is 1.35. The van der Waals surface area contributed by atoms with E-state index in [1.165, 1.54) is 7.11 Å². The van der Waals surface area contributed by atoms with Crippen molar-refractivity contribution in [3.8, 4) is 0 Å². The highest BCUT2D eigenvalue weighted by atomic mass is 19.3. The summed E-state index contributed by atoms with van der Waals surface area (Å²) < 4.78 is 31.9. The minimum absolute atomic E-state index is 0.0270. The van der Waals surface area contributed by atoms with Crippen molar-refractivity contribution in [2.75, 3.05) is 13.7 Å². The number of carbonyl (C=O) groups excluding carboxylic acids is 1. The van der Waals surface area contributed by atoms with Crippen molar-refractivity contribution < 1.29 is 18.3 Å². The highest BCUT2D eigenvalue weighted by Crippen LogP contribution is 2.52. The maximum absolute atomic E-state index is 13.5. The smallest absolute Gasteiger partial charge is 0.313 e. The fraction of sp³-hybridized carbons (Fsp3) is 0.929. The van der Waals surface area contributed by atoms with Crippen LogP contribution in [0.5, 0.6) is 0 Å². The second kappa shape index (κ2) is 5.35. The van der Waals surface area contributed by atoms with Crippen LogP contribution in [0.15, 0.2) is 0 Å². The summed E-state index contributed by atoms with van der Waals surface area (Å²) in [4.78, 5) is 12.1. The van der Waals surface area contributed by atoms with E-state index in [1.807, 2.05) is 0 Å². The molecule has 0 aliphatic heterocycles. The van der Waals surface area contributed by atoms with Crippen molar-refractivity contribution >= 4 is 5.97 Å². The van der Waals surface area contributed by atoms with Crippen molar-refractivity contribution in [3.63, 3.8) is 0 Å². The number of alkyl halides is 2. The molecule has 2 unspecified atom stereocenters. The van der Waals surface area contributed by atoms with Crippen LogP contribution in [0.4, 0.5) is 8.78 Å². The van der Waals surface area contributed by atoms with Crippen LogP contribution in [-0.4, -0.2) is 25.5 Å². The first kappa shape index (κ1) is 14.7. The SMILES string of the molecule is COC(=O)C(CN)(CC1CCCC(F)(F)C1)C1CC1. The minimum atomic E-state index is -2.58. The molecule has 0 aromatic heterocycles. The van der Waals surface area contributed by atoms with Crippen LogP contribution in [-0.2, 0) is 9.53 Å². The summed E-state index contributed by atoms with van der Waals surface area (Å²) in [5.41, 5.74) is 5.09. The quantitative estimate of drug-likeness (QED) is 0.785. The molecule has 0 aromatic rings. The Morgan fingerprint density at radius 3 is 2.58 bits per heavy atom. The topological polar surface area (TPSA) is 52.3 Å². The fourth-order valence-electron chi connectivity index (χ4n) is 3.55. The number of esters is 1. The molecule has 110 valence electrons. The largest absolute Gasteiger partial charge is 0.469 e. The number of carbonyl (C=O) groups is 1. The van der Waals surface area contributed by atoms with Crippen LogP contribution >= 0.6 is 0 Å². The standard InChI is InChI=1S/C14H23F2NO2/c1-19-12(18)13(9-17,11-4-5-11)7-10-3-2-6-14(15,16)8-10/h10-11H,2-9,17H2,1H3. The summed E-state index contributed by atoms with van der Waals surface area (Å²) in [6.07, 6.45) is 3.52. The second-order valence-electron chi connectivity index (χ2n) is 6.15. The summed E-state index contributed by atoms with van der Waals surface area (Å²) >= 11 is 0. The van der Waals surface area contributed by atoms with Gasteiger partial charge < -0.3 is 10.5 Å². The van der Waals surface area contributed by atoms with Gasteiger partial charge in [-0.3, -0.25) is 4.79 Å². The molecule has 0 heterocycles. The zero-order chi connectivity index (χ0) is 14.1. The molecule has 2 N–H and O–H groups in total. The van der Waals surface area contributed by atoms with Crippen molar-refractivity contribution in [1.29, 1.82) is 0 Å². The number of ether oxygens (including phenoxy) is 1. The molecule has 0 saturated heterocycles. The molecule has 2 atom stereocenters. The van der Waals surface area contributed by atoms with Gasteiger partial charge in [0.1, 0.15) is 0 Å². The molecule has 0 amide bonds. The van der Waals surface area contributed by atoms with E-state index in [0.717, 1.165) is 19.3 Å². The zero-order valence-corrected chi connectivity index (χ0v) is 11.5.